The minimum Gasteiger partial charge on any atom is -0.384 e. The van der Waals surface area contributed by atoms with Crippen molar-refractivity contribution in [2.75, 3.05) is 13.1 Å². The quantitative estimate of drug-likeness (QED) is 0.741. The first-order valence-electron chi connectivity index (χ1n) is 5.76. The molecular formula is C12H20N4O. The summed E-state index contributed by atoms with van der Waals surface area (Å²) >= 11 is 0. The molecule has 0 unspecified atom stereocenters. The number of nitrogens with zero attached hydrogens (tertiary/aromatic N) is 3. The van der Waals surface area contributed by atoms with E-state index >= 15 is 0 Å². The van der Waals surface area contributed by atoms with Crippen LogP contribution in [0.1, 0.15) is 38.4 Å². The molecule has 1 aromatic rings. The molecule has 1 atom stereocenters. The molecule has 0 radical (unpaired) electrons. The summed E-state index contributed by atoms with van der Waals surface area (Å²) in [5, 5.41) is 21.6. The summed E-state index contributed by atoms with van der Waals surface area (Å²) in [6, 6.07) is 0.329. The molecule has 5 nitrogen and oxygen atoms in total. The number of nitrogens with one attached hydrogen (secondary N) is 1. The van der Waals surface area contributed by atoms with E-state index in [-0.39, 0.29) is 0 Å². The van der Waals surface area contributed by atoms with E-state index in [1.807, 2.05) is 0 Å². The van der Waals surface area contributed by atoms with Gasteiger partial charge in [-0.1, -0.05) is 0 Å². The molecule has 0 spiro atoms. The van der Waals surface area contributed by atoms with Crippen LogP contribution in [0, 0.1) is 12.8 Å². The molecule has 0 bridgehead atoms. The minimum atomic E-state index is -0.902. The largest absolute Gasteiger partial charge is 0.384 e. The molecule has 1 aromatic heterocycles. The SMILES string of the molecule is C#C.CC(C)(O)c1cnn([C@@H]2CCCNC2)n1. The Hall–Kier alpha value is -1.38. The molecule has 2 rings (SSSR count). The number of hydrogen-bond acceptors (Lipinski definition) is 4. The number of rotatable bonds is 2. The molecule has 1 saturated heterocycles. The van der Waals surface area contributed by atoms with Gasteiger partial charge in [0.05, 0.1) is 12.2 Å². The zero-order valence-electron chi connectivity index (χ0n) is 10.4. The van der Waals surface area contributed by atoms with E-state index in [1.165, 1.54) is 0 Å². The van der Waals surface area contributed by atoms with E-state index in [4.69, 9.17) is 0 Å². The van der Waals surface area contributed by atoms with Crippen LogP contribution in [0.3, 0.4) is 0 Å². The molecule has 2 N–H and O–H groups in total. The van der Waals surface area contributed by atoms with E-state index in [0.29, 0.717) is 11.7 Å². The summed E-state index contributed by atoms with van der Waals surface area (Å²) in [4.78, 5) is 1.72. The van der Waals surface area contributed by atoms with Crippen LogP contribution in [0.4, 0.5) is 0 Å². The van der Waals surface area contributed by atoms with Crippen LogP contribution < -0.4 is 5.32 Å². The Balaban J connectivity index is 0.000000686. The highest BCUT2D eigenvalue weighted by Gasteiger charge is 2.23. The molecule has 0 aliphatic carbocycles. The Kier molecular flexibility index (Phi) is 4.67. The van der Waals surface area contributed by atoms with Crippen molar-refractivity contribution in [2.24, 2.45) is 0 Å². The van der Waals surface area contributed by atoms with Gasteiger partial charge < -0.3 is 10.4 Å². The lowest BCUT2D eigenvalue weighted by molar-refractivity contribution is 0.0726. The number of aromatic nitrogens is 3. The second-order valence-corrected chi connectivity index (χ2v) is 4.61. The van der Waals surface area contributed by atoms with Gasteiger partial charge >= 0.3 is 0 Å². The smallest absolute Gasteiger partial charge is 0.114 e. The number of hydrogen-bond donors (Lipinski definition) is 2. The summed E-state index contributed by atoms with van der Waals surface area (Å²) in [5.74, 6) is 0. The van der Waals surface area contributed by atoms with E-state index in [2.05, 4.69) is 28.4 Å². The summed E-state index contributed by atoms with van der Waals surface area (Å²) in [7, 11) is 0. The molecule has 1 aliphatic heterocycles. The molecule has 94 valence electrons. The lowest BCUT2D eigenvalue weighted by Gasteiger charge is -2.22. The molecule has 1 fully saturated rings. The van der Waals surface area contributed by atoms with Crippen LogP contribution in [0.5, 0.6) is 0 Å². The summed E-state index contributed by atoms with van der Waals surface area (Å²) in [6.45, 7) is 5.44. The molecule has 0 amide bonds. The third kappa shape index (κ3) is 3.55. The van der Waals surface area contributed by atoms with E-state index in [9.17, 15) is 5.11 Å². The van der Waals surface area contributed by atoms with Crippen molar-refractivity contribution in [3.05, 3.63) is 11.9 Å². The Morgan fingerprint density at radius 2 is 2.24 bits per heavy atom. The Morgan fingerprint density at radius 3 is 2.71 bits per heavy atom. The maximum atomic E-state index is 9.77. The van der Waals surface area contributed by atoms with Crippen molar-refractivity contribution in [3.63, 3.8) is 0 Å². The van der Waals surface area contributed by atoms with Crippen molar-refractivity contribution in [3.8, 4) is 12.8 Å². The van der Waals surface area contributed by atoms with Gasteiger partial charge in [-0.25, -0.2) is 0 Å². The highest BCUT2D eigenvalue weighted by Crippen LogP contribution is 2.19. The Morgan fingerprint density at radius 1 is 1.53 bits per heavy atom. The van der Waals surface area contributed by atoms with Crippen LogP contribution in [0.2, 0.25) is 0 Å². The van der Waals surface area contributed by atoms with Crippen LogP contribution >= 0.6 is 0 Å². The maximum Gasteiger partial charge on any atom is 0.114 e. The first-order valence-corrected chi connectivity index (χ1v) is 5.76. The third-order valence-electron chi connectivity index (χ3n) is 2.73. The van der Waals surface area contributed by atoms with Crippen molar-refractivity contribution >= 4 is 0 Å². The third-order valence-corrected chi connectivity index (χ3v) is 2.73. The van der Waals surface area contributed by atoms with Gasteiger partial charge in [-0.3, -0.25) is 0 Å². The standard InChI is InChI=1S/C10H18N4O.C2H2/c1-10(2,15)9-7-12-14(13-9)8-4-3-5-11-6-8;1-2/h7-8,11,15H,3-6H2,1-2H3;1-2H/t8-;/m1./s1. The molecule has 0 saturated carbocycles. The number of aliphatic hydroxyl groups is 1. The van der Waals surface area contributed by atoms with Gasteiger partial charge in [-0.2, -0.15) is 15.0 Å². The van der Waals surface area contributed by atoms with Gasteiger partial charge in [0.15, 0.2) is 0 Å². The fraction of sp³-hybridized carbons (Fsp3) is 0.667. The second-order valence-electron chi connectivity index (χ2n) is 4.61. The van der Waals surface area contributed by atoms with Crippen LogP contribution in [0.25, 0.3) is 0 Å². The van der Waals surface area contributed by atoms with Gasteiger partial charge in [0.1, 0.15) is 11.3 Å². The van der Waals surface area contributed by atoms with Crippen LogP contribution in [-0.4, -0.2) is 33.2 Å². The first-order chi connectivity index (χ1) is 8.07. The van der Waals surface area contributed by atoms with Crippen LogP contribution in [-0.2, 0) is 5.60 Å². The number of terminal acetylenes is 1. The van der Waals surface area contributed by atoms with Crippen molar-refractivity contribution in [2.45, 2.75) is 38.3 Å². The monoisotopic (exact) mass is 236 g/mol. The topological polar surface area (TPSA) is 63.0 Å². The summed E-state index contributed by atoms with van der Waals surface area (Å²) < 4.78 is 0. The fourth-order valence-corrected chi connectivity index (χ4v) is 1.76. The minimum absolute atomic E-state index is 0.329. The maximum absolute atomic E-state index is 9.77. The molecule has 2 heterocycles. The van der Waals surface area contributed by atoms with Crippen molar-refractivity contribution in [1.29, 1.82) is 0 Å². The van der Waals surface area contributed by atoms with Gasteiger partial charge in [0.2, 0.25) is 0 Å². The first kappa shape index (κ1) is 13.7. The predicted octanol–water partition coefficient (Wildman–Crippen LogP) is 0.679. The van der Waals surface area contributed by atoms with E-state index in [1.54, 1.807) is 24.8 Å². The fourth-order valence-electron chi connectivity index (χ4n) is 1.76. The van der Waals surface area contributed by atoms with E-state index in [0.717, 1.165) is 25.9 Å². The molecule has 5 heteroatoms. The van der Waals surface area contributed by atoms with Gasteiger partial charge in [0.25, 0.3) is 0 Å². The molecular weight excluding hydrogens is 216 g/mol. The molecule has 0 aromatic carbocycles. The highest BCUT2D eigenvalue weighted by molar-refractivity contribution is 5.02. The zero-order chi connectivity index (χ0) is 12.9. The Labute approximate surface area is 102 Å². The van der Waals surface area contributed by atoms with Gasteiger partial charge in [-0.05, 0) is 33.2 Å². The summed E-state index contributed by atoms with van der Waals surface area (Å²) in [5.41, 5.74) is -0.270. The number of piperidine rings is 1. The average molecular weight is 236 g/mol. The Bertz CT molecular complexity index is 358. The second kappa shape index (κ2) is 5.80. The summed E-state index contributed by atoms with van der Waals surface area (Å²) in [6.07, 6.45) is 11.9. The van der Waals surface area contributed by atoms with Crippen molar-refractivity contribution in [1.82, 2.24) is 20.3 Å². The zero-order valence-corrected chi connectivity index (χ0v) is 10.4. The lowest BCUT2D eigenvalue weighted by atomic mass is 10.1. The molecule has 1 aliphatic rings. The van der Waals surface area contributed by atoms with Crippen LogP contribution in [0.15, 0.2) is 6.20 Å². The van der Waals surface area contributed by atoms with Gasteiger partial charge in [0, 0.05) is 6.54 Å². The predicted molar refractivity (Wildman–Crippen MR) is 66.3 cm³/mol. The van der Waals surface area contributed by atoms with Crippen molar-refractivity contribution < 1.29 is 5.11 Å². The normalized spacial score (nSPS) is 20.4. The van der Waals surface area contributed by atoms with E-state index < -0.39 is 5.60 Å². The molecule has 17 heavy (non-hydrogen) atoms. The average Bonchev–Trinajstić information content (AvgIpc) is 2.82. The lowest BCUT2D eigenvalue weighted by Crippen LogP contribution is -2.33. The highest BCUT2D eigenvalue weighted by atomic mass is 16.3. The van der Waals surface area contributed by atoms with Gasteiger partial charge in [-0.15, -0.1) is 12.8 Å².